The van der Waals surface area contributed by atoms with E-state index in [-0.39, 0.29) is 11.9 Å². The van der Waals surface area contributed by atoms with Crippen molar-refractivity contribution in [3.05, 3.63) is 53.2 Å². The number of H-pyrrole nitrogens is 1. The number of carboxylic acid groups (broad SMARTS) is 1. The number of nitrogens with zero attached hydrogens (tertiary/aromatic N) is 3. The van der Waals surface area contributed by atoms with Gasteiger partial charge in [0.25, 0.3) is 0 Å². The number of aliphatic carboxylic acids is 1. The van der Waals surface area contributed by atoms with Gasteiger partial charge in [0.2, 0.25) is 5.13 Å². The highest BCUT2D eigenvalue weighted by Crippen LogP contribution is 2.33. The molecule has 1 atom stereocenters. The Morgan fingerprint density at radius 2 is 2.05 bits per heavy atom. The van der Waals surface area contributed by atoms with Crippen LogP contribution < -0.4 is 5.32 Å². The van der Waals surface area contributed by atoms with Crippen molar-refractivity contribution in [1.82, 2.24) is 19.6 Å². The topological polar surface area (TPSA) is 130 Å². The number of ether oxygens (including phenoxy) is 1. The molecule has 2 aromatic carbocycles. The molecule has 1 aliphatic rings. The van der Waals surface area contributed by atoms with Crippen LogP contribution in [0.3, 0.4) is 0 Å². The maximum Gasteiger partial charge on any atom is 0.490 e. The van der Waals surface area contributed by atoms with Gasteiger partial charge in [-0.1, -0.05) is 29.8 Å². The fraction of sp³-hybridized carbons (Fsp3) is 0.292. The first-order valence-corrected chi connectivity index (χ1v) is 12.5. The lowest BCUT2D eigenvalue weighted by Crippen LogP contribution is -2.21. The van der Waals surface area contributed by atoms with Crippen LogP contribution in [0.25, 0.3) is 22.3 Å². The molecule has 1 fully saturated rings. The number of hydrogen-bond donors (Lipinski definition) is 3. The van der Waals surface area contributed by atoms with Gasteiger partial charge in [-0.2, -0.15) is 27.6 Å². The van der Waals surface area contributed by atoms with Crippen LogP contribution in [0.2, 0.25) is 5.02 Å². The molecule has 1 saturated heterocycles. The van der Waals surface area contributed by atoms with E-state index in [0.29, 0.717) is 28.8 Å². The minimum absolute atomic E-state index is 0.0811. The van der Waals surface area contributed by atoms with Gasteiger partial charge in [-0.15, -0.1) is 0 Å². The van der Waals surface area contributed by atoms with Crippen molar-refractivity contribution in [3.8, 4) is 11.4 Å². The Hall–Kier alpha value is -3.55. The summed E-state index contributed by atoms with van der Waals surface area (Å²) in [6.45, 7) is 0.764. The Morgan fingerprint density at radius 3 is 2.76 bits per heavy atom. The summed E-state index contributed by atoms with van der Waals surface area (Å²) in [5.41, 5.74) is 3.45. The molecule has 0 amide bonds. The predicted octanol–water partition coefficient (Wildman–Crippen LogP) is 5.79. The Labute approximate surface area is 223 Å². The molecule has 1 unspecified atom stereocenters. The van der Waals surface area contributed by atoms with Crippen molar-refractivity contribution < 1.29 is 32.6 Å². The SMILES string of the molecule is O=C(Cc1cccc(-c2nsc(Nc3ccc4[nH]ncc4c3Cl)n2)c1)CC1CCCO1.O=C(O)C(F)(F)F. The van der Waals surface area contributed by atoms with E-state index >= 15 is 0 Å². The maximum absolute atomic E-state index is 12.4. The maximum atomic E-state index is 12.4. The third-order valence-corrected chi connectivity index (χ3v) is 6.57. The average Bonchev–Trinajstić information content (AvgIpc) is 3.63. The van der Waals surface area contributed by atoms with E-state index in [1.807, 2.05) is 36.4 Å². The number of carbonyl (C=O) groups is 2. The standard InChI is InChI=1S/C22H20ClN5O2S.C2HF3O2/c23-20-17-12-24-27-18(17)6-7-19(20)25-22-26-21(28-31-22)14-4-1-3-13(9-14)10-15(29)11-16-5-2-8-30-16;3-2(4,5)1(6)7/h1,3-4,6-7,9,12,16H,2,5,8,10-11H2,(H,24,27)(H,25,26,28);(H,6,7). The molecule has 4 aromatic rings. The van der Waals surface area contributed by atoms with Gasteiger partial charge in [-0.05, 0) is 36.6 Å². The number of rotatable bonds is 7. The molecule has 2 aromatic heterocycles. The molecular weight excluding hydrogens is 547 g/mol. The molecule has 3 N–H and O–H groups in total. The number of benzene rings is 2. The number of anilines is 2. The lowest BCUT2D eigenvalue weighted by molar-refractivity contribution is -0.192. The molecule has 14 heteroatoms. The number of nitrogens with one attached hydrogen (secondary N) is 2. The van der Waals surface area contributed by atoms with Crippen molar-refractivity contribution in [3.63, 3.8) is 0 Å². The van der Waals surface area contributed by atoms with Crippen LogP contribution in [0.5, 0.6) is 0 Å². The second kappa shape index (κ2) is 11.9. The third kappa shape index (κ3) is 7.05. The highest BCUT2D eigenvalue weighted by molar-refractivity contribution is 7.10. The molecule has 0 spiro atoms. The number of halogens is 4. The first-order valence-electron chi connectivity index (χ1n) is 11.3. The number of alkyl halides is 3. The van der Waals surface area contributed by atoms with Crippen LogP contribution >= 0.6 is 23.1 Å². The van der Waals surface area contributed by atoms with E-state index in [1.165, 1.54) is 11.5 Å². The molecule has 0 radical (unpaired) electrons. The van der Waals surface area contributed by atoms with Crippen LogP contribution in [0.1, 0.15) is 24.8 Å². The summed E-state index contributed by atoms with van der Waals surface area (Å²) >= 11 is 7.74. The Morgan fingerprint density at radius 1 is 1.26 bits per heavy atom. The van der Waals surface area contributed by atoms with Crippen molar-refractivity contribution >= 4 is 56.6 Å². The number of aromatic nitrogens is 4. The quantitative estimate of drug-likeness (QED) is 0.256. The molecular formula is C24H21ClF3N5O4S. The third-order valence-electron chi connectivity index (χ3n) is 5.53. The number of hydrogen-bond acceptors (Lipinski definition) is 8. The molecule has 200 valence electrons. The monoisotopic (exact) mass is 567 g/mol. The van der Waals surface area contributed by atoms with E-state index in [1.54, 1.807) is 6.20 Å². The predicted molar refractivity (Wildman–Crippen MR) is 136 cm³/mol. The molecule has 1 aliphatic heterocycles. The van der Waals surface area contributed by atoms with Gasteiger partial charge < -0.3 is 15.2 Å². The number of ketones is 1. The molecule has 5 rings (SSSR count). The second-order valence-electron chi connectivity index (χ2n) is 8.36. The largest absolute Gasteiger partial charge is 0.490 e. The highest BCUT2D eigenvalue weighted by atomic mass is 35.5. The molecule has 3 heterocycles. The molecule has 0 saturated carbocycles. The number of aromatic amines is 1. The van der Waals surface area contributed by atoms with Gasteiger partial charge in [0.15, 0.2) is 5.82 Å². The molecule has 0 bridgehead atoms. The van der Waals surface area contributed by atoms with Gasteiger partial charge in [-0.3, -0.25) is 9.89 Å². The second-order valence-corrected chi connectivity index (χ2v) is 9.49. The van der Waals surface area contributed by atoms with Crippen LogP contribution in [0.15, 0.2) is 42.6 Å². The van der Waals surface area contributed by atoms with E-state index in [4.69, 9.17) is 26.2 Å². The van der Waals surface area contributed by atoms with E-state index in [2.05, 4.69) is 24.9 Å². The zero-order valence-corrected chi connectivity index (χ0v) is 21.2. The van der Waals surface area contributed by atoms with Crippen molar-refractivity contribution in [1.29, 1.82) is 0 Å². The lowest BCUT2D eigenvalue weighted by Gasteiger charge is -2.08. The fourth-order valence-corrected chi connectivity index (χ4v) is 4.63. The van der Waals surface area contributed by atoms with Gasteiger partial charge in [-0.25, -0.2) is 4.79 Å². The first-order chi connectivity index (χ1) is 18.1. The summed E-state index contributed by atoms with van der Waals surface area (Å²) in [7, 11) is 0. The molecule has 0 aliphatic carbocycles. The summed E-state index contributed by atoms with van der Waals surface area (Å²) in [5.74, 6) is -1.95. The Balaban J connectivity index is 0.000000426. The van der Waals surface area contributed by atoms with Crippen LogP contribution in [0, 0.1) is 0 Å². The zero-order chi connectivity index (χ0) is 27.3. The van der Waals surface area contributed by atoms with Crippen LogP contribution in [-0.2, 0) is 20.7 Å². The van der Waals surface area contributed by atoms with Crippen LogP contribution in [-0.4, -0.2) is 55.3 Å². The van der Waals surface area contributed by atoms with Gasteiger partial charge in [0.05, 0.1) is 28.5 Å². The first kappa shape index (κ1) is 27.5. The number of fused-ring (bicyclic) bond motifs is 1. The van der Waals surface area contributed by atoms with E-state index in [0.717, 1.165) is 47.2 Å². The summed E-state index contributed by atoms with van der Waals surface area (Å²) in [6.07, 6.45) is -0.418. The minimum atomic E-state index is -5.08. The van der Waals surface area contributed by atoms with Crippen molar-refractivity contribution in [2.45, 2.75) is 38.0 Å². The zero-order valence-electron chi connectivity index (χ0n) is 19.6. The summed E-state index contributed by atoms with van der Waals surface area (Å²) in [6, 6.07) is 11.6. The normalized spacial score (nSPS) is 15.2. The smallest absolute Gasteiger partial charge is 0.475 e. The van der Waals surface area contributed by atoms with Crippen molar-refractivity contribution in [2.75, 3.05) is 11.9 Å². The Bertz CT molecular complexity index is 1440. The lowest BCUT2D eigenvalue weighted by atomic mass is 10.0. The number of carboxylic acids is 1. The summed E-state index contributed by atoms with van der Waals surface area (Å²) in [4.78, 5) is 25.9. The van der Waals surface area contributed by atoms with Crippen LogP contribution in [0.4, 0.5) is 24.0 Å². The summed E-state index contributed by atoms with van der Waals surface area (Å²) < 4.78 is 41.8. The highest BCUT2D eigenvalue weighted by Gasteiger charge is 2.38. The van der Waals surface area contributed by atoms with Gasteiger partial charge in [0.1, 0.15) is 5.78 Å². The minimum Gasteiger partial charge on any atom is -0.475 e. The molecule has 38 heavy (non-hydrogen) atoms. The Kier molecular flexibility index (Phi) is 8.59. The van der Waals surface area contributed by atoms with Gasteiger partial charge in [0, 0.05) is 41.9 Å². The van der Waals surface area contributed by atoms with Crippen molar-refractivity contribution in [2.24, 2.45) is 0 Å². The van der Waals surface area contributed by atoms with E-state index < -0.39 is 12.1 Å². The van der Waals surface area contributed by atoms with E-state index in [9.17, 15) is 18.0 Å². The molecule has 9 nitrogen and oxygen atoms in total. The fourth-order valence-electron chi connectivity index (χ4n) is 3.77. The number of carbonyl (C=O) groups excluding carboxylic acids is 1. The average molecular weight is 568 g/mol. The van der Waals surface area contributed by atoms with Gasteiger partial charge >= 0.3 is 12.1 Å². The summed E-state index contributed by atoms with van der Waals surface area (Å²) in [5, 5.41) is 19.3. The number of Topliss-reactive ketones (excluding diaryl/α,β-unsaturated/α-hetero) is 1.